The van der Waals surface area contributed by atoms with Gasteiger partial charge in [0.15, 0.2) is 0 Å². The summed E-state index contributed by atoms with van der Waals surface area (Å²) >= 11 is 0. The fourth-order valence-corrected chi connectivity index (χ4v) is 2.21. The van der Waals surface area contributed by atoms with Crippen LogP contribution in [0.5, 0.6) is 0 Å². The van der Waals surface area contributed by atoms with Crippen molar-refractivity contribution in [2.24, 2.45) is 0 Å². The standard InChI is InChI=1S/C13H16N2O3/c1-9-4-2-3-5-11(9)15-10(6-7-12(16)17)8-14-13(15)18/h2-5,10H,6-8H2,1H3,(H,14,18)(H,16,17). The van der Waals surface area contributed by atoms with Crippen molar-refractivity contribution >= 4 is 17.7 Å². The monoisotopic (exact) mass is 248 g/mol. The minimum Gasteiger partial charge on any atom is -0.481 e. The molecule has 1 saturated heterocycles. The lowest BCUT2D eigenvalue weighted by Crippen LogP contribution is -2.35. The zero-order chi connectivity index (χ0) is 13.1. The molecule has 1 aromatic carbocycles. The van der Waals surface area contributed by atoms with Gasteiger partial charge in [-0.05, 0) is 25.0 Å². The van der Waals surface area contributed by atoms with Gasteiger partial charge in [0.05, 0.1) is 6.04 Å². The quantitative estimate of drug-likeness (QED) is 0.853. The summed E-state index contributed by atoms with van der Waals surface area (Å²) in [7, 11) is 0. The SMILES string of the molecule is Cc1ccccc1N1C(=O)NCC1CCC(=O)O. The normalized spacial score (nSPS) is 18.8. The average molecular weight is 248 g/mol. The van der Waals surface area contributed by atoms with Crippen molar-refractivity contribution in [1.29, 1.82) is 0 Å². The Hall–Kier alpha value is -2.04. The zero-order valence-electron chi connectivity index (χ0n) is 10.2. The summed E-state index contributed by atoms with van der Waals surface area (Å²) in [5.41, 5.74) is 1.86. The molecule has 1 aliphatic heterocycles. The highest BCUT2D eigenvalue weighted by Gasteiger charge is 2.32. The topological polar surface area (TPSA) is 69.6 Å². The van der Waals surface area contributed by atoms with Gasteiger partial charge >= 0.3 is 12.0 Å². The van der Waals surface area contributed by atoms with Crippen LogP contribution in [-0.2, 0) is 4.79 Å². The summed E-state index contributed by atoms with van der Waals surface area (Å²) in [6.07, 6.45) is 0.532. The summed E-state index contributed by atoms with van der Waals surface area (Å²) in [6.45, 7) is 2.44. The lowest BCUT2D eigenvalue weighted by atomic mass is 10.1. The number of para-hydroxylation sites is 1. The van der Waals surface area contributed by atoms with Crippen LogP contribution in [0.25, 0.3) is 0 Å². The number of urea groups is 1. The molecule has 18 heavy (non-hydrogen) atoms. The number of carboxylic acids is 1. The number of aryl methyl sites for hydroxylation is 1. The molecule has 5 nitrogen and oxygen atoms in total. The van der Waals surface area contributed by atoms with Gasteiger partial charge in [-0.15, -0.1) is 0 Å². The fourth-order valence-electron chi connectivity index (χ4n) is 2.21. The van der Waals surface area contributed by atoms with Crippen LogP contribution >= 0.6 is 0 Å². The number of rotatable bonds is 4. The Balaban J connectivity index is 2.20. The van der Waals surface area contributed by atoms with Crippen LogP contribution < -0.4 is 10.2 Å². The molecular formula is C13H16N2O3. The van der Waals surface area contributed by atoms with Crippen molar-refractivity contribution in [1.82, 2.24) is 5.32 Å². The Labute approximate surface area is 105 Å². The second kappa shape index (κ2) is 5.08. The molecule has 0 bridgehead atoms. The first kappa shape index (κ1) is 12.4. The molecule has 2 rings (SSSR count). The van der Waals surface area contributed by atoms with Crippen molar-refractivity contribution in [3.05, 3.63) is 29.8 Å². The number of carbonyl (C=O) groups is 2. The van der Waals surface area contributed by atoms with Crippen LogP contribution in [0.4, 0.5) is 10.5 Å². The maximum Gasteiger partial charge on any atom is 0.322 e. The van der Waals surface area contributed by atoms with Gasteiger partial charge in [0.2, 0.25) is 0 Å². The van der Waals surface area contributed by atoms with Crippen molar-refractivity contribution in [2.75, 3.05) is 11.4 Å². The molecule has 1 aromatic rings. The van der Waals surface area contributed by atoms with E-state index in [2.05, 4.69) is 5.32 Å². The first-order chi connectivity index (χ1) is 8.59. The lowest BCUT2D eigenvalue weighted by Gasteiger charge is -2.24. The smallest absolute Gasteiger partial charge is 0.322 e. The average Bonchev–Trinajstić information content (AvgIpc) is 2.69. The molecule has 0 aliphatic carbocycles. The van der Waals surface area contributed by atoms with E-state index in [1.54, 1.807) is 4.90 Å². The lowest BCUT2D eigenvalue weighted by molar-refractivity contribution is -0.137. The summed E-state index contributed by atoms with van der Waals surface area (Å²) in [4.78, 5) is 24.1. The maximum absolute atomic E-state index is 11.8. The predicted molar refractivity (Wildman–Crippen MR) is 67.7 cm³/mol. The first-order valence-corrected chi connectivity index (χ1v) is 5.94. The minimum absolute atomic E-state index is 0.0714. The molecule has 1 aliphatic rings. The summed E-state index contributed by atoms with van der Waals surface area (Å²) in [5.74, 6) is -0.834. The molecule has 0 saturated carbocycles. The van der Waals surface area contributed by atoms with Gasteiger partial charge in [-0.2, -0.15) is 0 Å². The molecule has 1 heterocycles. The highest BCUT2D eigenvalue weighted by Crippen LogP contribution is 2.26. The van der Waals surface area contributed by atoms with E-state index >= 15 is 0 Å². The number of aliphatic carboxylic acids is 1. The number of nitrogens with one attached hydrogen (secondary N) is 1. The molecule has 0 aromatic heterocycles. The highest BCUT2D eigenvalue weighted by molar-refractivity contribution is 5.95. The predicted octanol–water partition coefficient (Wildman–Crippen LogP) is 1.76. The maximum atomic E-state index is 11.8. The van der Waals surface area contributed by atoms with Gasteiger partial charge in [0, 0.05) is 18.7 Å². The number of nitrogens with zero attached hydrogens (tertiary/aromatic N) is 1. The molecule has 5 heteroatoms. The van der Waals surface area contributed by atoms with Crippen molar-refractivity contribution in [3.8, 4) is 0 Å². The van der Waals surface area contributed by atoms with E-state index in [0.29, 0.717) is 13.0 Å². The molecule has 0 radical (unpaired) electrons. The number of carbonyl (C=O) groups excluding carboxylic acids is 1. The second-order valence-corrected chi connectivity index (χ2v) is 4.43. The van der Waals surface area contributed by atoms with Crippen LogP contribution in [0.2, 0.25) is 0 Å². The number of carboxylic acid groups (broad SMARTS) is 1. The van der Waals surface area contributed by atoms with Crippen LogP contribution in [0.3, 0.4) is 0 Å². The Morgan fingerprint density at radius 3 is 2.89 bits per heavy atom. The first-order valence-electron chi connectivity index (χ1n) is 5.94. The third-order valence-electron chi connectivity index (χ3n) is 3.14. The minimum atomic E-state index is -0.834. The number of benzene rings is 1. The van der Waals surface area contributed by atoms with Crippen LogP contribution in [0.15, 0.2) is 24.3 Å². The Bertz CT molecular complexity index is 473. The summed E-state index contributed by atoms with van der Waals surface area (Å²) < 4.78 is 0. The van der Waals surface area contributed by atoms with E-state index in [-0.39, 0.29) is 18.5 Å². The molecule has 0 spiro atoms. The molecule has 1 unspecified atom stereocenters. The third-order valence-corrected chi connectivity index (χ3v) is 3.14. The Morgan fingerprint density at radius 1 is 1.50 bits per heavy atom. The van der Waals surface area contributed by atoms with Gasteiger partial charge in [-0.1, -0.05) is 18.2 Å². The molecule has 1 fully saturated rings. The van der Waals surface area contributed by atoms with Crippen LogP contribution in [0, 0.1) is 6.92 Å². The molecule has 96 valence electrons. The molecule has 2 N–H and O–H groups in total. The Kier molecular flexibility index (Phi) is 3.50. The second-order valence-electron chi connectivity index (χ2n) is 4.43. The van der Waals surface area contributed by atoms with Crippen LogP contribution in [0.1, 0.15) is 18.4 Å². The fraction of sp³-hybridized carbons (Fsp3) is 0.385. The van der Waals surface area contributed by atoms with Crippen molar-refractivity contribution in [2.45, 2.75) is 25.8 Å². The molecule has 1 atom stereocenters. The van der Waals surface area contributed by atoms with E-state index in [1.807, 2.05) is 31.2 Å². The van der Waals surface area contributed by atoms with Gasteiger partial charge in [-0.3, -0.25) is 9.69 Å². The van der Waals surface area contributed by atoms with Crippen molar-refractivity contribution in [3.63, 3.8) is 0 Å². The van der Waals surface area contributed by atoms with Crippen molar-refractivity contribution < 1.29 is 14.7 Å². The highest BCUT2D eigenvalue weighted by atomic mass is 16.4. The van der Waals surface area contributed by atoms with Gasteiger partial charge in [0.1, 0.15) is 0 Å². The summed E-state index contributed by atoms with van der Waals surface area (Å²) in [6, 6.07) is 7.37. The van der Waals surface area contributed by atoms with E-state index in [1.165, 1.54) is 0 Å². The van der Waals surface area contributed by atoms with Gasteiger partial charge in [-0.25, -0.2) is 4.79 Å². The van der Waals surface area contributed by atoms with Gasteiger partial charge in [0.25, 0.3) is 0 Å². The van der Waals surface area contributed by atoms with E-state index in [4.69, 9.17) is 5.11 Å². The van der Waals surface area contributed by atoms with E-state index < -0.39 is 5.97 Å². The molecular weight excluding hydrogens is 232 g/mol. The van der Waals surface area contributed by atoms with Crippen LogP contribution in [-0.4, -0.2) is 29.7 Å². The number of amides is 2. The van der Waals surface area contributed by atoms with E-state index in [9.17, 15) is 9.59 Å². The van der Waals surface area contributed by atoms with Gasteiger partial charge < -0.3 is 10.4 Å². The summed E-state index contributed by atoms with van der Waals surface area (Å²) in [5, 5.41) is 11.5. The zero-order valence-corrected chi connectivity index (χ0v) is 10.2. The number of anilines is 1. The molecule has 2 amide bonds. The largest absolute Gasteiger partial charge is 0.481 e. The number of hydrogen-bond acceptors (Lipinski definition) is 2. The number of hydrogen-bond donors (Lipinski definition) is 2. The van der Waals surface area contributed by atoms with E-state index in [0.717, 1.165) is 11.3 Å². The Morgan fingerprint density at radius 2 is 2.22 bits per heavy atom. The third kappa shape index (κ3) is 2.45.